The molecule has 3 nitrogen and oxygen atoms in total. The minimum absolute atomic E-state index is 0.0614. The van der Waals surface area contributed by atoms with Crippen LogP contribution < -0.4 is 5.32 Å². The van der Waals surface area contributed by atoms with E-state index in [9.17, 15) is 0 Å². The van der Waals surface area contributed by atoms with Crippen LogP contribution >= 0.6 is 22.9 Å². The number of nitrogens with zero attached hydrogens (tertiary/aromatic N) is 2. The first-order chi connectivity index (χ1) is 8.90. The maximum atomic E-state index is 6.08. The molecule has 2 rings (SSSR count). The first kappa shape index (κ1) is 14.3. The Kier molecular flexibility index (Phi) is 4.11. The predicted octanol–water partition coefficient (Wildman–Crippen LogP) is 4.20. The molecule has 0 aliphatic heterocycles. The highest BCUT2D eigenvalue weighted by atomic mass is 35.5. The summed E-state index contributed by atoms with van der Waals surface area (Å²) >= 11 is 7.86. The minimum Gasteiger partial charge on any atom is -0.369 e. The molecule has 0 atom stereocenters. The number of rotatable bonds is 4. The lowest BCUT2D eigenvalue weighted by molar-refractivity contribution is 0.568. The van der Waals surface area contributed by atoms with Gasteiger partial charge in [-0.25, -0.2) is 9.97 Å². The fraction of sp³-hybridized carbons (Fsp3) is 0.429. The van der Waals surface area contributed by atoms with Crippen LogP contribution in [0.3, 0.4) is 0 Å². The van der Waals surface area contributed by atoms with Crippen LogP contribution in [-0.2, 0) is 5.41 Å². The van der Waals surface area contributed by atoms with Gasteiger partial charge < -0.3 is 5.32 Å². The van der Waals surface area contributed by atoms with Gasteiger partial charge in [-0.3, -0.25) is 0 Å². The summed E-state index contributed by atoms with van der Waals surface area (Å²) in [5.74, 6) is 1.51. The van der Waals surface area contributed by atoms with Gasteiger partial charge in [-0.15, -0.1) is 11.3 Å². The molecule has 0 radical (unpaired) electrons. The number of thiophene rings is 1. The minimum atomic E-state index is 0.0614. The maximum absolute atomic E-state index is 6.08. The Morgan fingerprint density at radius 1 is 1.32 bits per heavy atom. The van der Waals surface area contributed by atoms with E-state index < -0.39 is 0 Å². The van der Waals surface area contributed by atoms with Crippen molar-refractivity contribution in [1.29, 1.82) is 0 Å². The molecule has 0 aromatic carbocycles. The maximum Gasteiger partial charge on any atom is 0.137 e. The molecular weight excluding hydrogens is 278 g/mol. The zero-order valence-corrected chi connectivity index (χ0v) is 13.2. The molecule has 0 saturated carbocycles. The summed E-state index contributed by atoms with van der Waals surface area (Å²) in [6.45, 7) is 9.03. The highest BCUT2D eigenvalue weighted by Crippen LogP contribution is 2.28. The van der Waals surface area contributed by atoms with E-state index in [1.165, 1.54) is 4.88 Å². The average molecular weight is 296 g/mol. The summed E-state index contributed by atoms with van der Waals surface area (Å²) in [6.07, 6.45) is 0. The largest absolute Gasteiger partial charge is 0.369 e. The second-order valence-corrected chi connectivity index (χ2v) is 6.56. The SMILES string of the molecule is Cc1nc(Cl)c(C)c(NCC(C)(C)c2cccs2)n1. The van der Waals surface area contributed by atoms with Crippen molar-refractivity contribution in [3.8, 4) is 0 Å². The van der Waals surface area contributed by atoms with E-state index in [0.29, 0.717) is 11.0 Å². The highest BCUT2D eigenvalue weighted by Gasteiger charge is 2.22. The van der Waals surface area contributed by atoms with Gasteiger partial charge in [-0.05, 0) is 25.3 Å². The van der Waals surface area contributed by atoms with Gasteiger partial charge in [0.25, 0.3) is 0 Å². The van der Waals surface area contributed by atoms with Gasteiger partial charge in [0.05, 0.1) is 0 Å². The fourth-order valence-electron chi connectivity index (χ4n) is 1.82. The lowest BCUT2D eigenvalue weighted by Crippen LogP contribution is -2.27. The van der Waals surface area contributed by atoms with Crippen LogP contribution in [0.15, 0.2) is 17.5 Å². The smallest absolute Gasteiger partial charge is 0.137 e. The van der Waals surface area contributed by atoms with Gasteiger partial charge in [-0.2, -0.15) is 0 Å². The van der Waals surface area contributed by atoms with E-state index in [-0.39, 0.29) is 5.41 Å². The van der Waals surface area contributed by atoms with Gasteiger partial charge in [-0.1, -0.05) is 31.5 Å². The van der Waals surface area contributed by atoms with Crippen LogP contribution in [-0.4, -0.2) is 16.5 Å². The quantitative estimate of drug-likeness (QED) is 0.859. The van der Waals surface area contributed by atoms with Gasteiger partial charge in [0.15, 0.2) is 0 Å². The van der Waals surface area contributed by atoms with Gasteiger partial charge >= 0.3 is 0 Å². The van der Waals surface area contributed by atoms with E-state index in [0.717, 1.165) is 17.9 Å². The van der Waals surface area contributed by atoms with Crippen molar-refractivity contribution in [2.24, 2.45) is 0 Å². The van der Waals surface area contributed by atoms with Gasteiger partial charge in [0, 0.05) is 22.4 Å². The van der Waals surface area contributed by atoms with Crippen molar-refractivity contribution in [1.82, 2.24) is 9.97 Å². The van der Waals surface area contributed by atoms with E-state index in [1.54, 1.807) is 11.3 Å². The van der Waals surface area contributed by atoms with Crippen LogP contribution in [0.2, 0.25) is 5.15 Å². The number of halogens is 1. The molecule has 0 fully saturated rings. The summed E-state index contributed by atoms with van der Waals surface area (Å²) in [6, 6.07) is 4.25. The summed E-state index contributed by atoms with van der Waals surface area (Å²) in [5.41, 5.74) is 0.959. The van der Waals surface area contributed by atoms with Crippen molar-refractivity contribution in [2.75, 3.05) is 11.9 Å². The van der Waals surface area contributed by atoms with Crippen molar-refractivity contribution < 1.29 is 0 Å². The third-order valence-electron chi connectivity index (χ3n) is 3.08. The van der Waals surface area contributed by atoms with Crippen molar-refractivity contribution >= 4 is 28.8 Å². The molecule has 5 heteroatoms. The Morgan fingerprint density at radius 2 is 2.05 bits per heavy atom. The first-order valence-corrected chi connectivity index (χ1v) is 7.44. The number of hydrogen-bond acceptors (Lipinski definition) is 4. The Bertz CT molecular complexity index is 564. The van der Waals surface area contributed by atoms with E-state index in [2.05, 4.69) is 46.6 Å². The lowest BCUT2D eigenvalue weighted by atomic mass is 9.91. The molecule has 0 bridgehead atoms. The van der Waals surface area contributed by atoms with E-state index >= 15 is 0 Å². The molecule has 0 spiro atoms. The molecule has 0 unspecified atom stereocenters. The first-order valence-electron chi connectivity index (χ1n) is 6.19. The summed E-state index contributed by atoms with van der Waals surface area (Å²) in [7, 11) is 0. The third kappa shape index (κ3) is 3.25. The Hall–Kier alpha value is -1.13. The van der Waals surface area contributed by atoms with E-state index in [1.807, 2.05) is 13.8 Å². The number of nitrogens with one attached hydrogen (secondary N) is 1. The van der Waals surface area contributed by atoms with Crippen LogP contribution in [0.5, 0.6) is 0 Å². The van der Waals surface area contributed by atoms with Gasteiger partial charge in [0.2, 0.25) is 0 Å². The zero-order chi connectivity index (χ0) is 14.0. The van der Waals surface area contributed by atoms with Crippen molar-refractivity contribution in [2.45, 2.75) is 33.1 Å². The summed E-state index contributed by atoms with van der Waals surface area (Å²) in [5, 5.41) is 6.02. The molecule has 2 aromatic heterocycles. The average Bonchev–Trinajstić information content (AvgIpc) is 2.86. The molecule has 0 aliphatic carbocycles. The molecule has 2 heterocycles. The molecule has 2 aromatic rings. The predicted molar refractivity (Wildman–Crippen MR) is 82.4 cm³/mol. The topological polar surface area (TPSA) is 37.8 Å². The second-order valence-electron chi connectivity index (χ2n) is 5.25. The number of hydrogen-bond donors (Lipinski definition) is 1. The van der Waals surface area contributed by atoms with Crippen LogP contribution in [0.4, 0.5) is 5.82 Å². The second kappa shape index (κ2) is 5.47. The van der Waals surface area contributed by atoms with E-state index in [4.69, 9.17) is 11.6 Å². The summed E-state index contributed by atoms with van der Waals surface area (Å²) < 4.78 is 0. The Balaban J connectivity index is 2.15. The van der Waals surface area contributed by atoms with Crippen LogP contribution in [0.25, 0.3) is 0 Å². The number of anilines is 1. The lowest BCUT2D eigenvalue weighted by Gasteiger charge is -2.24. The highest BCUT2D eigenvalue weighted by molar-refractivity contribution is 7.10. The summed E-state index contributed by atoms with van der Waals surface area (Å²) in [4.78, 5) is 9.92. The molecule has 0 amide bonds. The third-order valence-corrected chi connectivity index (χ3v) is 4.69. The van der Waals surface area contributed by atoms with Gasteiger partial charge in [0.1, 0.15) is 16.8 Å². The molecule has 1 N–H and O–H groups in total. The Labute approximate surface area is 123 Å². The number of aromatic nitrogens is 2. The standard InChI is InChI=1S/C14H18ClN3S/c1-9-12(15)17-10(2)18-13(9)16-8-14(3,4)11-6-5-7-19-11/h5-7H,8H2,1-4H3,(H,16,17,18). The van der Waals surface area contributed by atoms with Crippen LogP contribution in [0.1, 0.15) is 30.1 Å². The molecular formula is C14H18ClN3S. The molecule has 19 heavy (non-hydrogen) atoms. The zero-order valence-electron chi connectivity index (χ0n) is 11.6. The van der Waals surface area contributed by atoms with Crippen molar-refractivity contribution in [3.63, 3.8) is 0 Å². The van der Waals surface area contributed by atoms with Crippen molar-refractivity contribution in [3.05, 3.63) is 38.9 Å². The Morgan fingerprint density at radius 3 is 2.68 bits per heavy atom. The molecule has 102 valence electrons. The monoisotopic (exact) mass is 295 g/mol. The fourth-order valence-corrected chi connectivity index (χ4v) is 2.89. The van der Waals surface area contributed by atoms with Crippen LogP contribution in [0, 0.1) is 13.8 Å². The molecule has 0 aliphatic rings. The molecule has 0 saturated heterocycles. The number of aryl methyl sites for hydroxylation is 1. The normalized spacial score (nSPS) is 11.6.